The quantitative estimate of drug-likeness (QED) is 0.838. The summed E-state index contributed by atoms with van der Waals surface area (Å²) in [7, 11) is 0. The van der Waals surface area contributed by atoms with Crippen LogP contribution in [0.15, 0.2) is 42.5 Å². The van der Waals surface area contributed by atoms with Gasteiger partial charge in [-0.25, -0.2) is 0 Å². The fourth-order valence-electron chi connectivity index (χ4n) is 2.42. The van der Waals surface area contributed by atoms with Crippen molar-refractivity contribution in [3.8, 4) is 11.5 Å². The summed E-state index contributed by atoms with van der Waals surface area (Å²) in [6.07, 6.45) is 1.13. The normalized spacial score (nSPS) is 12.3. The number of ether oxygens (including phenoxy) is 2. The third-order valence-corrected chi connectivity index (χ3v) is 3.83. The molecular formula is C19H22N2O3. The molecular weight excluding hydrogens is 304 g/mol. The van der Waals surface area contributed by atoms with Crippen LogP contribution >= 0.6 is 0 Å². The Labute approximate surface area is 142 Å². The molecule has 0 unspecified atom stereocenters. The molecule has 0 saturated heterocycles. The standard InChI is InChI=1S/C19H22N2O3/c1-13(2)9-10-20-15-4-6-16(7-5-15)21-19(22)14-3-8-17-18(11-14)24-12-23-17/h3-8,11,13,20H,9-10,12H2,1-2H3,(H,21,22). The summed E-state index contributed by atoms with van der Waals surface area (Å²) in [5, 5.41) is 6.26. The van der Waals surface area contributed by atoms with E-state index in [1.807, 2.05) is 24.3 Å². The lowest BCUT2D eigenvalue weighted by atomic mass is 10.1. The Morgan fingerprint density at radius 2 is 1.75 bits per heavy atom. The average Bonchev–Trinajstić information content (AvgIpc) is 3.03. The maximum atomic E-state index is 12.3. The van der Waals surface area contributed by atoms with Crippen LogP contribution in [0.5, 0.6) is 11.5 Å². The maximum Gasteiger partial charge on any atom is 0.255 e. The van der Waals surface area contributed by atoms with Crippen molar-refractivity contribution in [1.82, 2.24) is 0 Å². The van der Waals surface area contributed by atoms with Crippen molar-refractivity contribution >= 4 is 17.3 Å². The van der Waals surface area contributed by atoms with Crippen molar-refractivity contribution in [3.05, 3.63) is 48.0 Å². The molecule has 0 atom stereocenters. The van der Waals surface area contributed by atoms with Gasteiger partial charge in [-0.2, -0.15) is 0 Å². The smallest absolute Gasteiger partial charge is 0.255 e. The summed E-state index contributed by atoms with van der Waals surface area (Å²) < 4.78 is 10.5. The first-order chi connectivity index (χ1) is 11.6. The fourth-order valence-corrected chi connectivity index (χ4v) is 2.42. The minimum absolute atomic E-state index is 0.172. The highest BCUT2D eigenvalue weighted by atomic mass is 16.7. The molecule has 0 radical (unpaired) electrons. The number of amides is 1. The Hall–Kier alpha value is -2.69. The molecule has 0 aliphatic carbocycles. The minimum Gasteiger partial charge on any atom is -0.454 e. The highest BCUT2D eigenvalue weighted by Gasteiger charge is 2.16. The van der Waals surface area contributed by atoms with Gasteiger partial charge >= 0.3 is 0 Å². The van der Waals surface area contributed by atoms with Gasteiger partial charge in [0.15, 0.2) is 11.5 Å². The second kappa shape index (κ2) is 7.25. The number of anilines is 2. The summed E-state index contributed by atoms with van der Waals surface area (Å²) >= 11 is 0. The van der Waals surface area contributed by atoms with Gasteiger partial charge in [0, 0.05) is 23.5 Å². The first-order valence-corrected chi connectivity index (χ1v) is 8.17. The van der Waals surface area contributed by atoms with E-state index < -0.39 is 0 Å². The number of hydrogen-bond donors (Lipinski definition) is 2. The lowest BCUT2D eigenvalue weighted by molar-refractivity contribution is 0.102. The van der Waals surface area contributed by atoms with E-state index in [1.165, 1.54) is 0 Å². The van der Waals surface area contributed by atoms with E-state index in [9.17, 15) is 4.79 Å². The van der Waals surface area contributed by atoms with Gasteiger partial charge in [0.25, 0.3) is 5.91 Å². The van der Waals surface area contributed by atoms with Gasteiger partial charge in [0.05, 0.1) is 0 Å². The molecule has 2 N–H and O–H groups in total. The SMILES string of the molecule is CC(C)CCNc1ccc(NC(=O)c2ccc3c(c2)OCO3)cc1. The molecule has 3 rings (SSSR count). The third kappa shape index (κ3) is 3.98. The number of benzene rings is 2. The van der Waals surface area contributed by atoms with Crippen molar-refractivity contribution in [2.75, 3.05) is 24.0 Å². The van der Waals surface area contributed by atoms with E-state index >= 15 is 0 Å². The van der Waals surface area contributed by atoms with Gasteiger partial charge in [-0.05, 0) is 54.8 Å². The highest BCUT2D eigenvalue weighted by molar-refractivity contribution is 6.04. The van der Waals surface area contributed by atoms with E-state index in [1.54, 1.807) is 18.2 Å². The summed E-state index contributed by atoms with van der Waals surface area (Å²) in [5.74, 6) is 1.78. The molecule has 2 aromatic carbocycles. The Bertz CT molecular complexity index is 711. The molecule has 1 aliphatic heterocycles. The van der Waals surface area contributed by atoms with Crippen LogP contribution in [0, 0.1) is 5.92 Å². The van der Waals surface area contributed by atoms with Crippen LogP contribution in [0.2, 0.25) is 0 Å². The molecule has 5 nitrogen and oxygen atoms in total. The summed E-state index contributed by atoms with van der Waals surface area (Å²) in [6.45, 7) is 5.55. The third-order valence-electron chi connectivity index (χ3n) is 3.83. The van der Waals surface area contributed by atoms with Gasteiger partial charge in [-0.1, -0.05) is 13.8 Å². The second-order valence-corrected chi connectivity index (χ2v) is 6.21. The van der Waals surface area contributed by atoms with E-state index in [-0.39, 0.29) is 12.7 Å². The number of fused-ring (bicyclic) bond motifs is 1. The number of hydrogen-bond acceptors (Lipinski definition) is 4. The molecule has 1 aliphatic rings. The summed E-state index contributed by atoms with van der Waals surface area (Å²) in [5.41, 5.74) is 2.35. The van der Waals surface area contributed by atoms with Gasteiger partial charge in [-0.3, -0.25) is 4.79 Å². The first-order valence-electron chi connectivity index (χ1n) is 8.17. The highest BCUT2D eigenvalue weighted by Crippen LogP contribution is 2.32. The van der Waals surface area contributed by atoms with Crippen LogP contribution in [0.25, 0.3) is 0 Å². The average molecular weight is 326 g/mol. The second-order valence-electron chi connectivity index (χ2n) is 6.21. The van der Waals surface area contributed by atoms with Gasteiger partial charge in [0.1, 0.15) is 0 Å². The van der Waals surface area contributed by atoms with E-state index in [2.05, 4.69) is 24.5 Å². The summed E-state index contributed by atoms with van der Waals surface area (Å²) in [4.78, 5) is 12.3. The number of nitrogens with one attached hydrogen (secondary N) is 2. The molecule has 24 heavy (non-hydrogen) atoms. The lowest BCUT2D eigenvalue weighted by Gasteiger charge is -2.10. The monoisotopic (exact) mass is 326 g/mol. The van der Waals surface area contributed by atoms with Crippen LogP contribution in [-0.4, -0.2) is 19.2 Å². The Balaban J connectivity index is 1.58. The zero-order chi connectivity index (χ0) is 16.9. The predicted molar refractivity (Wildman–Crippen MR) is 94.9 cm³/mol. The van der Waals surface area contributed by atoms with Gasteiger partial charge in [-0.15, -0.1) is 0 Å². The summed E-state index contributed by atoms with van der Waals surface area (Å²) in [6, 6.07) is 12.9. The van der Waals surface area contributed by atoms with Crippen molar-refractivity contribution in [2.24, 2.45) is 5.92 Å². The van der Waals surface area contributed by atoms with Crippen molar-refractivity contribution in [2.45, 2.75) is 20.3 Å². The molecule has 5 heteroatoms. The largest absolute Gasteiger partial charge is 0.454 e. The molecule has 2 aromatic rings. The van der Waals surface area contributed by atoms with E-state index in [0.29, 0.717) is 23.0 Å². The number of carbonyl (C=O) groups is 1. The van der Waals surface area contributed by atoms with Gasteiger partial charge < -0.3 is 20.1 Å². The molecule has 1 heterocycles. The number of carbonyl (C=O) groups excluding carboxylic acids is 1. The Morgan fingerprint density at radius 1 is 1.04 bits per heavy atom. The van der Waals surface area contributed by atoms with Crippen molar-refractivity contribution < 1.29 is 14.3 Å². The predicted octanol–water partition coefficient (Wildman–Crippen LogP) is 4.13. The van der Waals surface area contributed by atoms with E-state index in [0.717, 1.165) is 24.3 Å². The van der Waals surface area contributed by atoms with Crippen LogP contribution in [-0.2, 0) is 0 Å². The molecule has 0 bridgehead atoms. The lowest BCUT2D eigenvalue weighted by Crippen LogP contribution is -2.11. The molecule has 1 amide bonds. The minimum atomic E-state index is -0.172. The van der Waals surface area contributed by atoms with Crippen LogP contribution in [0.4, 0.5) is 11.4 Å². The van der Waals surface area contributed by atoms with Crippen LogP contribution in [0.3, 0.4) is 0 Å². The maximum absolute atomic E-state index is 12.3. The zero-order valence-corrected chi connectivity index (χ0v) is 14.0. The molecule has 126 valence electrons. The van der Waals surface area contributed by atoms with Crippen LogP contribution < -0.4 is 20.1 Å². The van der Waals surface area contributed by atoms with Crippen LogP contribution in [0.1, 0.15) is 30.6 Å². The number of rotatable bonds is 6. The molecule has 0 fully saturated rings. The Morgan fingerprint density at radius 3 is 2.50 bits per heavy atom. The van der Waals surface area contributed by atoms with Crippen molar-refractivity contribution in [1.29, 1.82) is 0 Å². The van der Waals surface area contributed by atoms with E-state index in [4.69, 9.17) is 9.47 Å². The fraction of sp³-hybridized carbons (Fsp3) is 0.316. The Kier molecular flexibility index (Phi) is 4.89. The molecule has 0 aromatic heterocycles. The van der Waals surface area contributed by atoms with Crippen molar-refractivity contribution in [3.63, 3.8) is 0 Å². The first kappa shape index (κ1) is 16.2. The van der Waals surface area contributed by atoms with Gasteiger partial charge in [0.2, 0.25) is 6.79 Å². The topological polar surface area (TPSA) is 59.6 Å². The molecule has 0 saturated carbocycles. The molecule has 0 spiro atoms. The zero-order valence-electron chi connectivity index (χ0n) is 14.0.